The van der Waals surface area contributed by atoms with Crippen LogP contribution in [0.15, 0.2) is 40.9 Å². The first-order valence-corrected chi connectivity index (χ1v) is 9.94. The second-order valence-electron chi connectivity index (χ2n) is 6.92. The summed E-state index contributed by atoms with van der Waals surface area (Å²) < 4.78 is 17.3. The van der Waals surface area contributed by atoms with E-state index in [1.165, 1.54) is 0 Å². The van der Waals surface area contributed by atoms with Gasteiger partial charge in [-0.15, -0.1) is 0 Å². The second kappa shape index (κ2) is 7.80. The van der Waals surface area contributed by atoms with Crippen molar-refractivity contribution in [3.8, 4) is 17.2 Å². The molecule has 1 heterocycles. The molecule has 142 valence electrons. The Balaban J connectivity index is 1.47. The van der Waals surface area contributed by atoms with Gasteiger partial charge in [0.05, 0.1) is 19.6 Å². The number of halogens is 1. The molecular weight excluding hydrogens is 410 g/mol. The van der Waals surface area contributed by atoms with Gasteiger partial charge in [0, 0.05) is 4.47 Å². The maximum absolute atomic E-state index is 12.7. The number of rotatable bonds is 6. The van der Waals surface area contributed by atoms with Gasteiger partial charge in [-0.25, -0.2) is 0 Å². The largest absolute Gasteiger partial charge is 0.497 e. The Morgan fingerprint density at radius 2 is 1.85 bits per heavy atom. The molecule has 5 nitrogen and oxygen atoms in total. The molecule has 0 radical (unpaired) electrons. The summed E-state index contributed by atoms with van der Waals surface area (Å²) in [5.74, 6) is 2.73. The van der Waals surface area contributed by atoms with E-state index < -0.39 is 0 Å². The van der Waals surface area contributed by atoms with Gasteiger partial charge < -0.3 is 19.5 Å². The number of benzene rings is 2. The van der Waals surface area contributed by atoms with Crippen LogP contribution in [0.5, 0.6) is 17.2 Å². The predicted molar refractivity (Wildman–Crippen MR) is 105 cm³/mol. The first kappa shape index (κ1) is 18.2. The van der Waals surface area contributed by atoms with E-state index in [9.17, 15) is 4.79 Å². The van der Waals surface area contributed by atoms with E-state index in [2.05, 4.69) is 21.2 Å². The number of fused-ring (bicyclic) bond motifs is 1. The molecule has 1 atom stereocenters. The fourth-order valence-corrected chi connectivity index (χ4v) is 3.82. The third-order valence-electron chi connectivity index (χ3n) is 4.95. The van der Waals surface area contributed by atoms with Crippen LogP contribution in [0.25, 0.3) is 0 Å². The van der Waals surface area contributed by atoms with Crippen LogP contribution in [-0.2, 0) is 11.2 Å². The van der Waals surface area contributed by atoms with Gasteiger partial charge in [-0.2, -0.15) is 0 Å². The third kappa shape index (κ3) is 4.21. The Labute approximate surface area is 167 Å². The van der Waals surface area contributed by atoms with Crippen LogP contribution in [0, 0.1) is 5.92 Å². The number of hydrogen-bond acceptors (Lipinski definition) is 4. The van der Waals surface area contributed by atoms with Gasteiger partial charge in [-0.3, -0.25) is 4.79 Å². The maximum Gasteiger partial charge on any atom is 0.224 e. The average molecular weight is 432 g/mol. The van der Waals surface area contributed by atoms with Crippen molar-refractivity contribution in [3.05, 3.63) is 52.0 Å². The van der Waals surface area contributed by atoms with Crippen LogP contribution in [0.1, 0.15) is 30.0 Å². The molecule has 1 amide bonds. The molecule has 1 aliphatic heterocycles. The van der Waals surface area contributed by atoms with Crippen molar-refractivity contribution < 1.29 is 19.0 Å². The molecule has 0 spiro atoms. The molecule has 2 aromatic rings. The number of methoxy groups -OCH3 is 1. The van der Waals surface area contributed by atoms with Crippen molar-refractivity contribution in [2.45, 2.75) is 25.3 Å². The molecule has 0 bridgehead atoms. The Morgan fingerprint density at radius 1 is 1.19 bits per heavy atom. The van der Waals surface area contributed by atoms with Crippen molar-refractivity contribution in [1.82, 2.24) is 5.32 Å². The van der Waals surface area contributed by atoms with E-state index in [4.69, 9.17) is 14.2 Å². The Morgan fingerprint density at radius 3 is 2.48 bits per heavy atom. The Hall–Kier alpha value is -2.21. The van der Waals surface area contributed by atoms with Crippen LogP contribution >= 0.6 is 15.9 Å². The lowest BCUT2D eigenvalue weighted by Gasteiger charge is -2.21. The summed E-state index contributed by atoms with van der Waals surface area (Å²) in [5.41, 5.74) is 2.01. The zero-order valence-corrected chi connectivity index (χ0v) is 16.8. The van der Waals surface area contributed by atoms with E-state index in [0.717, 1.165) is 34.2 Å². The van der Waals surface area contributed by atoms with Gasteiger partial charge in [-0.05, 0) is 54.2 Å². The summed E-state index contributed by atoms with van der Waals surface area (Å²) in [5, 5.41) is 3.22. The molecule has 1 N–H and O–H groups in total. The van der Waals surface area contributed by atoms with Crippen molar-refractivity contribution in [1.29, 1.82) is 0 Å². The highest BCUT2D eigenvalue weighted by Crippen LogP contribution is 2.41. The SMILES string of the molecule is COc1ccc(C(NC(=O)Cc2cc3c(cc2Br)OCCO3)C2CC2)cc1. The number of hydrogen-bond donors (Lipinski definition) is 1. The van der Waals surface area contributed by atoms with E-state index >= 15 is 0 Å². The fraction of sp³-hybridized carbons (Fsp3) is 0.381. The quantitative estimate of drug-likeness (QED) is 0.749. The first-order valence-electron chi connectivity index (χ1n) is 9.15. The third-order valence-corrected chi connectivity index (χ3v) is 5.69. The number of carbonyl (C=O) groups is 1. The highest BCUT2D eigenvalue weighted by Gasteiger charge is 2.33. The van der Waals surface area contributed by atoms with Crippen molar-refractivity contribution >= 4 is 21.8 Å². The number of carbonyl (C=O) groups excluding carboxylic acids is 1. The molecule has 4 rings (SSSR count). The van der Waals surface area contributed by atoms with Gasteiger partial charge in [0.1, 0.15) is 19.0 Å². The Bertz CT molecular complexity index is 833. The molecule has 6 heteroatoms. The normalized spacial score (nSPS) is 16.5. The zero-order chi connectivity index (χ0) is 18.8. The number of amides is 1. The summed E-state index contributed by atoms with van der Waals surface area (Å²) in [6, 6.07) is 11.7. The van der Waals surface area contributed by atoms with E-state index in [1.807, 2.05) is 36.4 Å². The molecule has 1 saturated carbocycles. The van der Waals surface area contributed by atoms with Crippen molar-refractivity contribution in [3.63, 3.8) is 0 Å². The Kier molecular flexibility index (Phi) is 5.25. The minimum absolute atomic E-state index is 0.0000888. The first-order chi connectivity index (χ1) is 13.1. The fourth-order valence-electron chi connectivity index (χ4n) is 3.35. The summed E-state index contributed by atoms with van der Waals surface area (Å²) in [7, 11) is 1.65. The summed E-state index contributed by atoms with van der Waals surface area (Å²) in [4.78, 5) is 12.7. The van der Waals surface area contributed by atoms with Crippen LogP contribution in [-0.4, -0.2) is 26.2 Å². The summed E-state index contributed by atoms with van der Waals surface area (Å²) in [6.07, 6.45) is 2.58. The van der Waals surface area contributed by atoms with Gasteiger partial charge in [0.2, 0.25) is 5.91 Å². The van der Waals surface area contributed by atoms with Crippen LogP contribution < -0.4 is 19.5 Å². The highest BCUT2D eigenvalue weighted by atomic mass is 79.9. The zero-order valence-electron chi connectivity index (χ0n) is 15.2. The van der Waals surface area contributed by atoms with Crippen LogP contribution in [0.3, 0.4) is 0 Å². The highest BCUT2D eigenvalue weighted by molar-refractivity contribution is 9.10. The number of nitrogens with one attached hydrogen (secondary N) is 1. The average Bonchev–Trinajstić information content (AvgIpc) is 3.52. The monoisotopic (exact) mass is 431 g/mol. The standard InChI is InChI=1S/C21H22BrNO4/c1-25-16-6-4-14(5-7-16)21(13-2-3-13)23-20(24)11-15-10-18-19(12-17(15)22)27-9-8-26-18/h4-7,10,12-13,21H,2-3,8-9,11H2,1H3,(H,23,24). The van der Waals surface area contributed by atoms with Crippen molar-refractivity contribution in [2.24, 2.45) is 5.92 Å². The molecule has 2 aliphatic rings. The molecule has 27 heavy (non-hydrogen) atoms. The maximum atomic E-state index is 12.7. The topological polar surface area (TPSA) is 56.8 Å². The van der Waals surface area contributed by atoms with Gasteiger partial charge >= 0.3 is 0 Å². The molecule has 2 aromatic carbocycles. The van der Waals surface area contributed by atoms with E-state index in [-0.39, 0.29) is 18.4 Å². The van der Waals surface area contributed by atoms with Gasteiger partial charge in [0.25, 0.3) is 0 Å². The minimum Gasteiger partial charge on any atom is -0.497 e. The molecular formula is C21H22BrNO4. The van der Waals surface area contributed by atoms with Gasteiger partial charge in [0.15, 0.2) is 11.5 Å². The molecule has 0 aromatic heterocycles. The smallest absolute Gasteiger partial charge is 0.224 e. The molecule has 1 unspecified atom stereocenters. The van der Waals surface area contributed by atoms with Crippen LogP contribution in [0.4, 0.5) is 0 Å². The lowest BCUT2D eigenvalue weighted by molar-refractivity contribution is -0.121. The van der Waals surface area contributed by atoms with E-state index in [0.29, 0.717) is 30.6 Å². The number of ether oxygens (including phenoxy) is 3. The predicted octanol–water partition coefficient (Wildman–Crippen LogP) is 4.04. The second-order valence-corrected chi connectivity index (χ2v) is 7.77. The van der Waals surface area contributed by atoms with E-state index in [1.54, 1.807) is 7.11 Å². The van der Waals surface area contributed by atoms with Crippen LogP contribution in [0.2, 0.25) is 0 Å². The molecule has 1 fully saturated rings. The summed E-state index contributed by atoms with van der Waals surface area (Å²) >= 11 is 3.54. The summed E-state index contributed by atoms with van der Waals surface area (Å²) in [6.45, 7) is 1.08. The molecule has 0 saturated heterocycles. The molecule has 1 aliphatic carbocycles. The van der Waals surface area contributed by atoms with Gasteiger partial charge in [-0.1, -0.05) is 28.1 Å². The lowest BCUT2D eigenvalue weighted by atomic mass is 10.0. The minimum atomic E-state index is 0.0000888. The lowest BCUT2D eigenvalue weighted by Crippen LogP contribution is -2.31. The van der Waals surface area contributed by atoms with Crippen molar-refractivity contribution in [2.75, 3.05) is 20.3 Å².